The van der Waals surface area contributed by atoms with Crippen molar-refractivity contribution in [1.82, 2.24) is 0 Å². The molecule has 8 nitrogen and oxygen atoms in total. The quantitative estimate of drug-likeness (QED) is 0.547. The second kappa shape index (κ2) is 5.03. The highest BCUT2D eigenvalue weighted by molar-refractivity contribution is 5.65. The molecule has 0 heterocycles. The Morgan fingerprint density at radius 3 is 2.44 bits per heavy atom. The third-order valence-corrected chi connectivity index (χ3v) is 1.88. The number of hydrogen-bond donors (Lipinski definition) is 2. The molecule has 0 aliphatic carbocycles. The second-order valence-electron chi connectivity index (χ2n) is 3.00. The molecule has 0 atom stereocenters. The first-order valence-corrected chi connectivity index (χ1v) is 4.52. The van der Waals surface area contributed by atoms with Crippen LogP contribution in [0, 0.1) is 20.2 Å². The Hall–Kier alpha value is -2.22. The van der Waals surface area contributed by atoms with Gasteiger partial charge in [0.05, 0.1) is 29.0 Å². The molecule has 0 saturated carbocycles. The van der Waals surface area contributed by atoms with Crippen LogP contribution in [0.3, 0.4) is 0 Å². The molecule has 0 amide bonds. The van der Waals surface area contributed by atoms with Gasteiger partial charge in [0.2, 0.25) is 0 Å². The van der Waals surface area contributed by atoms with E-state index in [1.807, 2.05) is 0 Å². The summed E-state index contributed by atoms with van der Waals surface area (Å²) in [6.45, 7) is 1.03. The van der Waals surface area contributed by atoms with Crippen LogP contribution in [-0.4, -0.2) is 22.9 Å². The summed E-state index contributed by atoms with van der Waals surface area (Å²) in [7, 11) is 0. The lowest BCUT2D eigenvalue weighted by Gasteiger charge is -2.03. The van der Waals surface area contributed by atoms with Crippen molar-refractivity contribution in [3.05, 3.63) is 38.4 Å². The number of rotatable bonds is 5. The Balaban J connectivity index is 3.09. The van der Waals surface area contributed by atoms with E-state index in [-0.39, 0.29) is 17.1 Å². The fraction of sp³-hybridized carbons (Fsp3) is 0.250. The summed E-state index contributed by atoms with van der Waals surface area (Å²) in [6.07, 6.45) is 0. The van der Waals surface area contributed by atoms with Crippen molar-refractivity contribution >= 4 is 17.1 Å². The van der Waals surface area contributed by atoms with E-state index in [1.54, 1.807) is 0 Å². The first-order valence-electron chi connectivity index (χ1n) is 4.52. The van der Waals surface area contributed by atoms with Crippen molar-refractivity contribution in [3.63, 3.8) is 0 Å². The van der Waals surface area contributed by atoms with Crippen molar-refractivity contribution in [3.8, 4) is 0 Å². The minimum Gasteiger partial charge on any atom is -0.374 e. The summed E-state index contributed by atoms with van der Waals surface area (Å²) >= 11 is 0. The van der Waals surface area contributed by atoms with Crippen LogP contribution in [0.25, 0.3) is 0 Å². The minimum atomic E-state index is -0.668. The number of hydrogen-bond acceptors (Lipinski definition) is 5. The van der Waals surface area contributed by atoms with E-state index in [9.17, 15) is 20.2 Å². The first kappa shape index (κ1) is 11.9. The largest absolute Gasteiger partial charge is 0.374 e. The maximum absolute atomic E-state index is 10.7. The average Bonchev–Trinajstić information content (AvgIpc) is 2.25. The molecule has 1 aromatic rings. The molecule has 4 N–H and O–H groups in total. The highest BCUT2D eigenvalue weighted by atomic mass is 16.6. The van der Waals surface area contributed by atoms with E-state index in [2.05, 4.69) is 11.1 Å². The molecule has 0 radical (unpaired) electrons. The highest BCUT2D eigenvalue weighted by Gasteiger charge is 2.18. The number of benzene rings is 1. The van der Waals surface area contributed by atoms with Gasteiger partial charge in [0.25, 0.3) is 11.4 Å². The molecule has 0 bridgehead atoms. The molecule has 0 fully saturated rings. The Morgan fingerprint density at radius 2 is 1.94 bits per heavy atom. The van der Waals surface area contributed by atoms with Crippen LogP contribution in [0.2, 0.25) is 0 Å². The number of nitro groups is 2. The van der Waals surface area contributed by atoms with Gasteiger partial charge in [0, 0.05) is 6.07 Å². The molecule has 1 aromatic carbocycles. The molecule has 0 saturated heterocycles. The topological polar surface area (TPSA) is 126 Å². The van der Waals surface area contributed by atoms with Gasteiger partial charge in [-0.05, 0) is 6.07 Å². The van der Waals surface area contributed by atoms with E-state index in [0.717, 1.165) is 6.07 Å². The molecular weight excluding hydrogens is 216 g/mol. The number of non-ortho nitro benzene ring substituents is 1. The predicted octanol–water partition coefficient (Wildman–Crippen LogP) is 0.157. The van der Waals surface area contributed by atoms with Gasteiger partial charge < -0.3 is 11.1 Å². The molecule has 1 rings (SSSR count). The zero-order valence-electron chi connectivity index (χ0n) is 8.38. The van der Waals surface area contributed by atoms with Gasteiger partial charge in [-0.1, -0.05) is 0 Å². The number of anilines is 1. The van der Waals surface area contributed by atoms with Gasteiger partial charge in [-0.3, -0.25) is 20.2 Å². The average molecular weight is 227 g/mol. The maximum atomic E-state index is 10.7. The summed E-state index contributed by atoms with van der Waals surface area (Å²) in [5, 5.41) is 23.9. The summed E-state index contributed by atoms with van der Waals surface area (Å²) in [6, 6.07) is 3.48. The molecule has 0 aromatic heterocycles. The van der Waals surface area contributed by atoms with Gasteiger partial charge in [0.1, 0.15) is 5.69 Å². The van der Waals surface area contributed by atoms with Crippen molar-refractivity contribution in [2.24, 2.45) is 0 Å². The van der Waals surface area contributed by atoms with E-state index in [0.29, 0.717) is 13.1 Å². The van der Waals surface area contributed by atoms with E-state index >= 15 is 0 Å². The van der Waals surface area contributed by atoms with E-state index < -0.39 is 9.85 Å². The zero-order chi connectivity index (χ0) is 12.1. The molecule has 0 spiro atoms. The Morgan fingerprint density at radius 1 is 1.25 bits per heavy atom. The fourth-order valence-corrected chi connectivity index (χ4v) is 1.16. The highest BCUT2D eigenvalue weighted by Crippen LogP contribution is 2.28. The fourth-order valence-electron chi connectivity index (χ4n) is 1.16. The SMILES string of the molecule is [NH3+]CCNc1ccc([N+](=O)[O-])cc1[N+](=O)[O-]. The van der Waals surface area contributed by atoms with Crippen LogP contribution >= 0.6 is 0 Å². The van der Waals surface area contributed by atoms with E-state index in [4.69, 9.17) is 0 Å². The molecule has 8 heteroatoms. The second-order valence-corrected chi connectivity index (χ2v) is 3.00. The van der Waals surface area contributed by atoms with Crippen LogP contribution in [-0.2, 0) is 0 Å². The molecule has 86 valence electrons. The summed E-state index contributed by atoms with van der Waals surface area (Å²) in [5.41, 5.74) is 3.24. The van der Waals surface area contributed by atoms with Crippen LogP contribution in [0.15, 0.2) is 18.2 Å². The number of quaternary nitrogens is 1. The van der Waals surface area contributed by atoms with Gasteiger partial charge >= 0.3 is 0 Å². The lowest BCUT2D eigenvalue weighted by Crippen LogP contribution is -2.53. The smallest absolute Gasteiger partial charge is 0.299 e. The van der Waals surface area contributed by atoms with Gasteiger partial charge in [-0.15, -0.1) is 0 Å². The molecule has 16 heavy (non-hydrogen) atoms. The number of nitro benzene ring substituents is 2. The van der Waals surface area contributed by atoms with Gasteiger partial charge in [-0.2, -0.15) is 0 Å². The Kier molecular flexibility index (Phi) is 3.72. The lowest BCUT2D eigenvalue weighted by atomic mass is 10.2. The zero-order valence-corrected chi connectivity index (χ0v) is 8.38. The third kappa shape index (κ3) is 2.64. The van der Waals surface area contributed by atoms with Gasteiger partial charge in [-0.25, -0.2) is 0 Å². The number of nitrogens with zero attached hydrogens (tertiary/aromatic N) is 2. The normalized spacial score (nSPS) is 9.81. The number of nitrogens with one attached hydrogen (secondary N) is 1. The first-order chi connectivity index (χ1) is 7.56. The van der Waals surface area contributed by atoms with Crippen LogP contribution in [0.5, 0.6) is 0 Å². The summed E-state index contributed by atoms with van der Waals surface area (Å²) in [4.78, 5) is 19.8. The van der Waals surface area contributed by atoms with Crippen LogP contribution in [0.4, 0.5) is 17.1 Å². The van der Waals surface area contributed by atoms with Crippen molar-refractivity contribution < 1.29 is 15.6 Å². The van der Waals surface area contributed by atoms with Gasteiger partial charge in [0.15, 0.2) is 0 Å². The molecule has 0 aliphatic rings. The Labute approximate surface area is 90.4 Å². The van der Waals surface area contributed by atoms with Crippen molar-refractivity contribution in [2.75, 3.05) is 18.4 Å². The van der Waals surface area contributed by atoms with Crippen LogP contribution < -0.4 is 11.1 Å². The lowest BCUT2D eigenvalue weighted by molar-refractivity contribution is -0.393. The third-order valence-electron chi connectivity index (χ3n) is 1.88. The molecule has 0 unspecified atom stereocenters. The minimum absolute atomic E-state index is 0.263. The molecule has 0 aliphatic heterocycles. The molecular formula is C8H11N4O4+. The Bertz CT molecular complexity index is 420. The van der Waals surface area contributed by atoms with Crippen LogP contribution in [0.1, 0.15) is 0 Å². The maximum Gasteiger partial charge on any atom is 0.299 e. The van der Waals surface area contributed by atoms with Crippen molar-refractivity contribution in [1.29, 1.82) is 0 Å². The summed E-state index contributed by atoms with van der Waals surface area (Å²) < 4.78 is 0. The van der Waals surface area contributed by atoms with Crippen molar-refractivity contribution in [2.45, 2.75) is 0 Å². The summed E-state index contributed by atoms with van der Waals surface area (Å²) in [5.74, 6) is 0. The monoisotopic (exact) mass is 227 g/mol. The predicted molar refractivity (Wildman–Crippen MR) is 56.0 cm³/mol. The standard InChI is InChI=1S/C8H10N4O4/c9-3-4-10-7-2-1-6(11(13)14)5-8(7)12(15)16/h1-2,5,10H,3-4,9H2/p+1. The van der Waals surface area contributed by atoms with E-state index in [1.165, 1.54) is 12.1 Å².